The first-order chi connectivity index (χ1) is 8.97. The summed E-state index contributed by atoms with van der Waals surface area (Å²) in [5, 5.41) is 5.98. The molecule has 2 aromatic rings. The first kappa shape index (κ1) is 14.1. The van der Waals surface area contributed by atoms with Crippen LogP contribution in [0.2, 0.25) is 0 Å². The quantitative estimate of drug-likeness (QED) is 0.676. The number of nitrogens with zero attached hydrogens (tertiary/aromatic N) is 2. The van der Waals surface area contributed by atoms with Gasteiger partial charge >= 0.3 is 0 Å². The normalized spacial score (nSPS) is 11.9. The van der Waals surface area contributed by atoms with Crippen LogP contribution in [0.4, 0.5) is 0 Å². The van der Waals surface area contributed by atoms with Crippen molar-refractivity contribution in [1.29, 1.82) is 0 Å². The third kappa shape index (κ3) is 2.83. The Hall–Kier alpha value is -1.31. The second-order valence-electron chi connectivity index (χ2n) is 3.93. The summed E-state index contributed by atoms with van der Waals surface area (Å²) in [6.07, 6.45) is 1.81. The summed E-state index contributed by atoms with van der Waals surface area (Å²) in [5.41, 5.74) is 1.54. The van der Waals surface area contributed by atoms with E-state index in [1.54, 1.807) is 23.9 Å². The van der Waals surface area contributed by atoms with Crippen LogP contribution in [-0.2, 0) is 16.6 Å². The lowest BCUT2D eigenvalue weighted by molar-refractivity contribution is 0.598. The second kappa shape index (κ2) is 5.36. The number of imidazole rings is 1. The van der Waals surface area contributed by atoms with Crippen LogP contribution in [0.15, 0.2) is 40.9 Å². The zero-order valence-corrected chi connectivity index (χ0v) is 12.2. The average Bonchev–Trinajstić information content (AvgIpc) is 2.71. The first-order valence-electron chi connectivity index (χ1n) is 5.74. The van der Waals surface area contributed by atoms with Crippen LogP contribution in [0.5, 0.6) is 0 Å². The van der Waals surface area contributed by atoms with E-state index >= 15 is 0 Å². The maximum absolute atomic E-state index is 11.3. The molecule has 1 heterocycles. The number of thioether (sulfide) groups is 1. The van der Waals surface area contributed by atoms with Crippen molar-refractivity contribution in [3.63, 3.8) is 0 Å². The Morgan fingerprint density at radius 3 is 2.84 bits per heavy atom. The van der Waals surface area contributed by atoms with Gasteiger partial charge < -0.3 is 4.57 Å². The van der Waals surface area contributed by atoms with Crippen molar-refractivity contribution in [3.05, 3.63) is 30.9 Å². The van der Waals surface area contributed by atoms with Gasteiger partial charge in [0.15, 0.2) is 5.16 Å². The molecule has 0 aliphatic heterocycles. The summed E-state index contributed by atoms with van der Waals surface area (Å²) in [6.45, 7) is 6.47. The van der Waals surface area contributed by atoms with Gasteiger partial charge in [0.2, 0.25) is 10.0 Å². The van der Waals surface area contributed by atoms with Crippen LogP contribution in [0.25, 0.3) is 11.0 Å². The third-order valence-corrected chi connectivity index (χ3v) is 4.54. The monoisotopic (exact) mass is 297 g/mol. The van der Waals surface area contributed by atoms with E-state index in [-0.39, 0.29) is 4.90 Å². The van der Waals surface area contributed by atoms with Gasteiger partial charge in [0.05, 0.1) is 15.9 Å². The van der Waals surface area contributed by atoms with E-state index in [0.717, 1.165) is 23.0 Å². The number of fused-ring (bicyclic) bond motifs is 1. The second-order valence-corrected chi connectivity index (χ2v) is 6.48. The average molecular weight is 297 g/mol. The molecule has 2 N–H and O–H groups in total. The smallest absolute Gasteiger partial charge is 0.238 e. The van der Waals surface area contributed by atoms with Crippen molar-refractivity contribution >= 4 is 32.8 Å². The van der Waals surface area contributed by atoms with Gasteiger partial charge in [0.1, 0.15) is 0 Å². The minimum atomic E-state index is -3.69. The molecule has 0 bridgehead atoms. The molecule has 7 heteroatoms. The van der Waals surface area contributed by atoms with Gasteiger partial charge in [-0.15, -0.1) is 6.58 Å². The topological polar surface area (TPSA) is 78.0 Å². The summed E-state index contributed by atoms with van der Waals surface area (Å²) < 4.78 is 24.7. The third-order valence-electron chi connectivity index (χ3n) is 2.66. The van der Waals surface area contributed by atoms with Crippen LogP contribution >= 0.6 is 11.8 Å². The molecule has 1 aromatic heterocycles. The fraction of sp³-hybridized carbons (Fsp3) is 0.250. The highest BCUT2D eigenvalue weighted by Gasteiger charge is 2.13. The van der Waals surface area contributed by atoms with Crippen LogP contribution in [0.1, 0.15) is 6.92 Å². The van der Waals surface area contributed by atoms with Crippen LogP contribution in [0.3, 0.4) is 0 Å². The Morgan fingerprint density at radius 2 is 2.26 bits per heavy atom. The summed E-state index contributed by atoms with van der Waals surface area (Å²) >= 11 is 1.56. The maximum Gasteiger partial charge on any atom is 0.238 e. The predicted octanol–water partition coefficient (Wildman–Crippen LogP) is 1.98. The van der Waals surface area contributed by atoms with Crippen molar-refractivity contribution in [1.82, 2.24) is 9.55 Å². The standard InChI is InChI=1S/C12H15N3O2S2/c1-3-7-18-12-14-10-8-9(19(13,16)17)5-6-11(10)15(12)4-2/h3,5-6,8H,1,4,7H2,2H3,(H2,13,16,17). The molecular formula is C12H15N3O2S2. The highest BCUT2D eigenvalue weighted by atomic mass is 32.2. The highest BCUT2D eigenvalue weighted by molar-refractivity contribution is 7.99. The number of nitrogens with two attached hydrogens (primary N) is 1. The van der Waals surface area contributed by atoms with Crippen LogP contribution in [-0.4, -0.2) is 23.7 Å². The number of aromatic nitrogens is 2. The molecule has 1 aromatic carbocycles. The minimum absolute atomic E-state index is 0.0843. The number of benzene rings is 1. The Labute approximate surface area is 116 Å². The molecule has 19 heavy (non-hydrogen) atoms. The molecule has 0 saturated carbocycles. The van der Waals surface area contributed by atoms with Crippen LogP contribution < -0.4 is 5.14 Å². The zero-order valence-electron chi connectivity index (χ0n) is 10.5. The van der Waals surface area contributed by atoms with Crippen molar-refractivity contribution < 1.29 is 8.42 Å². The fourth-order valence-electron chi connectivity index (χ4n) is 1.81. The van der Waals surface area contributed by atoms with Gasteiger partial charge in [0.25, 0.3) is 0 Å². The first-order valence-corrected chi connectivity index (χ1v) is 8.27. The summed E-state index contributed by atoms with van der Waals surface area (Å²) in [7, 11) is -3.69. The lowest BCUT2D eigenvalue weighted by Gasteiger charge is -2.04. The van der Waals surface area contributed by atoms with Crippen molar-refractivity contribution in [2.75, 3.05) is 5.75 Å². The summed E-state index contributed by atoms with van der Waals surface area (Å²) in [6, 6.07) is 4.76. The number of rotatable bonds is 5. The number of sulfonamides is 1. The van der Waals surface area contributed by atoms with Gasteiger partial charge in [-0.3, -0.25) is 0 Å². The molecule has 102 valence electrons. The van der Waals surface area contributed by atoms with E-state index < -0.39 is 10.0 Å². The molecule has 0 aliphatic carbocycles. The van der Waals surface area contributed by atoms with Crippen molar-refractivity contribution in [3.8, 4) is 0 Å². The zero-order chi connectivity index (χ0) is 14.0. The molecule has 0 fully saturated rings. The van der Waals surface area contributed by atoms with E-state index in [1.165, 1.54) is 12.1 Å². The molecule has 0 radical (unpaired) electrons. The number of aryl methyl sites for hydroxylation is 1. The van der Waals surface area contributed by atoms with Gasteiger partial charge in [-0.2, -0.15) is 0 Å². The molecule has 0 atom stereocenters. The lowest BCUT2D eigenvalue weighted by atomic mass is 10.3. The Kier molecular flexibility index (Phi) is 3.98. The molecule has 0 amide bonds. The molecule has 0 spiro atoms. The van der Waals surface area contributed by atoms with Crippen LogP contribution in [0, 0.1) is 0 Å². The number of hydrogen-bond acceptors (Lipinski definition) is 4. The van der Waals surface area contributed by atoms with Gasteiger partial charge in [0, 0.05) is 12.3 Å². The van der Waals surface area contributed by atoms with E-state index in [2.05, 4.69) is 11.6 Å². The fourth-order valence-corrected chi connectivity index (χ4v) is 3.16. The largest absolute Gasteiger partial charge is 0.319 e. The molecule has 0 unspecified atom stereocenters. The maximum atomic E-state index is 11.3. The summed E-state index contributed by atoms with van der Waals surface area (Å²) in [5.74, 6) is 0.755. The Morgan fingerprint density at radius 1 is 1.53 bits per heavy atom. The molecule has 0 aliphatic rings. The SMILES string of the molecule is C=CCSc1nc2cc(S(N)(=O)=O)ccc2n1CC. The lowest BCUT2D eigenvalue weighted by Crippen LogP contribution is -2.11. The van der Waals surface area contributed by atoms with E-state index in [0.29, 0.717) is 5.52 Å². The van der Waals surface area contributed by atoms with Gasteiger partial charge in [-0.05, 0) is 25.1 Å². The molecule has 5 nitrogen and oxygen atoms in total. The Balaban J connectivity index is 2.58. The van der Waals surface area contributed by atoms with E-state index in [1.807, 2.05) is 11.5 Å². The van der Waals surface area contributed by atoms with Crippen molar-refractivity contribution in [2.45, 2.75) is 23.5 Å². The van der Waals surface area contributed by atoms with Gasteiger partial charge in [-0.25, -0.2) is 18.5 Å². The highest BCUT2D eigenvalue weighted by Crippen LogP contribution is 2.25. The molecule has 0 saturated heterocycles. The molecule has 2 rings (SSSR count). The van der Waals surface area contributed by atoms with E-state index in [9.17, 15) is 8.42 Å². The predicted molar refractivity (Wildman–Crippen MR) is 77.7 cm³/mol. The van der Waals surface area contributed by atoms with Gasteiger partial charge in [-0.1, -0.05) is 17.8 Å². The molecular weight excluding hydrogens is 282 g/mol. The summed E-state index contributed by atoms with van der Waals surface area (Å²) in [4.78, 5) is 4.54. The number of primary sulfonamides is 1. The van der Waals surface area contributed by atoms with Crippen molar-refractivity contribution in [2.24, 2.45) is 5.14 Å². The number of hydrogen-bond donors (Lipinski definition) is 1. The Bertz CT molecular complexity index is 720. The minimum Gasteiger partial charge on any atom is -0.319 e. The van der Waals surface area contributed by atoms with E-state index in [4.69, 9.17) is 5.14 Å².